The van der Waals surface area contributed by atoms with E-state index in [0.29, 0.717) is 55.0 Å². The molecule has 1 aromatic carbocycles. The van der Waals surface area contributed by atoms with Crippen LogP contribution in [0.4, 0.5) is 0 Å². The summed E-state index contributed by atoms with van der Waals surface area (Å²) in [7, 11) is 0. The van der Waals surface area contributed by atoms with E-state index >= 15 is 0 Å². The molecule has 0 bridgehead atoms. The molecule has 2 aromatic rings. The van der Waals surface area contributed by atoms with Gasteiger partial charge in [-0.25, -0.2) is 0 Å². The molecule has 2 saturated heterocycles. The number of aromatic nitrogens is 2. The average Bonchev–Trinajstić information content (AvgIpc) is 3.41. The number of hydrogen-bond donors (Lipinski definition) is 1. The number of allylic oxidation sites excluding steroid dienone is 2. The molecule has 3 unspecified atom stereocenters. The van der Waals surface area contributed by atoms with Gasteiger partial charge in [-0.15, -0.1) is 0 Å². The first-order chi connectivity index (χ1) is 19.8. The summed E-state index contributed by atoms with van der Waals surface area (Å²) in [6.45, 7) is 3.01. The fraction of sp³-hybridized carbons (Fsp3) is 0.562. The number of carbonyl (C=O) groups excluding carboxylic acids is 2. The predicted molar refractivity (Wildman–Crippen MR) is 153 cm³/mol. The van der Waals surface area contributed by atoms with Gasteiger partial charge in [0.15, 0.2) is 0 Å². The van der Waals surface area contributed by atoms with Crippen molar-refractivity contribution in [3.8, 4) is 0 Å². The quantitative estimate of drug-likeness (QED) is 0.530. The topological polar surface area (TPSA) is 102 Å². The molecule has 1 N–H and O–H groups in total. The number of amides is 1. The lowest BCUT2D eigenvalue weighted by Gasteiger charge is -2.28. The zero-order chi connectivity index (χ0) is 28.3. The minimum atomic E-state index is -0.774. The van der Waals surface area contributed by atoms with E-state index in [-0.39, 0.29) is 23.1 Å². The predicted octanol–water partition coefficient (Wildman–Crippen LogP) is 5.11. The van der Waals surface area contributed by atoms with Crippen molar-refractivity contribution in [2.24, 2.45) is 17.3 Å². The highest BCUT2D eigenvalue weighted by Gasteiger charge is 2.45. The molecule has 8 nitrogen and oxygen atoms in total. The van der Waals surface area contributed by atoms with Crippen molar-refractivity contribution in [2.45, 2.75) is 70.1 Å². The maximum atomic E-state index is 14.2. The Morgan fingerprint density at radius 2 is 1.90 bits per heavy atom. The van der Waals surface area contributed by atoms with E-state index in [1.807, 2.05) is 23.1 Å². The molecule has 1 amide bonds. The number of carboxylic acids is 1. The highest BCUT2D eigenvalue weighted by molar-refractivity contribution is 6.34. The van der Waals surface area contributed by atoms with Crippen LogP contribution >= 0.6 is 11.6 Å². The number of carboxylic acid groups (broad SMARTS) is 1. The number of likely N-dealkylation sites (tertiary alicyclic amines) is 1. The number of nitrogens with zero attached hydrogens (tertiary/aromatic N) is 3. The highest BCUT2D eigenvalue weighted by Crippen LogP contribution is 2.44. The molecule has 3 aliphatic carbocycles. The van der Waals surface area contributed by atoms with Gasteiger partial charge in [0.25, 0.3) is 5.91 Å². The lowest BCUT2D eigenvalue weighted by Crippen LogP contribution is -2.39. The fourth-order valence-electron chi connectivity index (χ4n) is 7.48. The van der Waals surface area contributed by atoms with Gasteiger partial charge in [0, 0.05) is 43.0 Å². The summed E-state index contributed by atoms with van der Waals surface area (Å²) in [5.74, 6) is -1.11. The standard InChI is InChI=1S/C32H36ClN3O5/c33-25-3-1-2-23(19-4-5-19)27(25)30(38)36-26-16-22(29(37)35-14-12-32(17-35)13-15-41-18-32)10-11-24(26)28(34-36)20-6-8-21(9-7-20)31(39)40/h1-3,6,19,21-22H,4-5,7-18H2,(H,39,40). The minimum absolute atomic E-state index is 0.102. The third-order valence-electron chi connectivity index (χ3n) is 10.1. The summed E-state index contributed by atoms with van der Waals surface area (Å²) >= 11 is 6.65. The van der Waals surface area contributed by atoms with E-state index in [0.717, 1.165) is 80.1 Å². The van der Waals surface area contributed by atoms with Gasteiger partial charge in [-0.2, -0.15) is 9.78 Å². The largest absolute Gasteiger partial charge is 0.481 e. The molecule has 3 heterocycles. The van der Waals surface area contributed by atoms with Gasteiger partial charge < -0.3 is 14.7 Å². The summed E-state index contributed by atoms with van der Waals surface area (Å²) in [5.41, 5.74) is 5.18. The second kappa shape index (κ2) is 10.4. The Balaban J connectivity index is 1.23. The zero-order valence-electron chi connectivity index (χ0n) is 23.2. The molecule has 3 atom stereocenters. The smallest absolute Gasteiger partial charge is 0.306 e. The normalized spacial score (nSPS) is 27.6. The van der Waals surface area contributed by atoms with E-state index in [1.165, 1.54) is 4.68 Å². The molecule has 5 aliphatic rings. The molecular weight excluding hydrogens is 542 g/mol. The van der Waals surface area contributed by atoms with Crippen LogP contribution in [0.3, 0.4) is 0 Å². The number of carbonyl (C=O) groups is 3. The number of hydrogen-bond acceptors (Lipinski definition) is 5. The number of rotatable bonds is 5. The highest BCUT2D eigenvalue weighted by atomic mass is 35.5. The van der Waals surface area contributed by atoms with Gasteiger partial charge in [0.2, 0.25) is 5.91 Å². The lowest BCUT2D eigenvalue weighted by atomic mass is 9.82. The maximum absolute atomic E-state index is 14.2. The van der Waals surface area contributed by atoms with Crippen LogP contribution in [0.1, 0.15) is 90.2 Å². The number of fused-ring (bicyclic) bond motifs is 1. The molecule has 9 heteroatoms. The van der Waals surface area contributed by atoms with Gasteiger partial charge in [0.1, 0.15) is 0 Å². The first kappa shape index (κ1) is 26.9. The summed E-state index contributed by atoms with van der Waals surface area (Å²) < 4.78 is 7.20. The van der Waals surface area contributed by atoms with Gasteiger partial charge in [-0.05, 0) is 80.9 Å². The Hall–Kier alpha value is -2.97. The van der Waals surface area contributed by atoms with Crippen LogP contribution in [0.25, 0.3) is 5.57 Å². The third-order valence-corrected chi connectivity index (χ3v) is 10.4. The Morgan fingerprint density at radius 1 is 1.07 bits per heavy atom. The number of benzene rings is 1. The molecule has 216 valence electrons. The Morgan fingerprint density at radius 3 is 2.61 bits per heavy atom. The van der Waals surface area contributed by atoms with Crippen LogP contribution < -0.4 is 0 Å². The SMILES string of the molecule is O=C(O)C1CC=C(c2nn(C(=O)c3c(Cl)cccc3C3CC3)c3c2CCC(C(=O)N2CCC4(CCOC4)C2)C3)CC1. The van der Waals surface area contributed by atoms with Crippen LogP contribution in [0.5, 0.6) is 0 Å². The van der Waals surface area contributed by atoms with E-state index in [4.69, 9.17) is 21.4 Å². The summed E-state index contributed by atoms with van der Waals surface area (Å²) in [6, 6.07) is 5.65. The number of halogens is 1. The van der Waals surface area contributed by atoms with E-state index in [9.17, 15) is 19.5 Å². The van der Waals surface area contributed by atoms with Crippen molar-refractivity contribution in [1.82, 2.24) is 14.7 Å². The maximum Gasteiger partial charge on any atom is 0.306 e. The number of ether oxygens (including phenoxy) is 1. The molecule has 1 spiro atoms. The molecule has 2 aliphatic heterocycles. The van der Waals surface area contributed by atoms with Crippen molar-refractivity contribution in [2.75, 3.05) is 26.3 Å². The Bertz CT molecular complexity index is 1450. The van der Waals surface area contributed by atoms with Crippen LogP contribution in [-0.2, 0) is 27.2 Å². The van der Waals surface area contributed by atoms with Crippen molar-refractivity contribution in [3.05, 3.63) is 57.4 Å². The van der Waals surface area contributed by atoms with E-state index in [1.54, 1.807) is 6.07 Å². The minimum Gasteiger partial charge on any atom is -0.481 e. The first-order valence-corrected chi connectivity index (χ1v) is 15.4. The van der Waals surface area contributed by atoms with Gasteiger partial charge in [-0.1, -0.05) is 29.8 Å². The lowest BCUT2D eigenvalue weighted by molar-refractivity contribution is -0.142. The van der Waals surface area contributed by atoms with Crippen molar-refractivity contribution >= 4 is 35.0 Å². The molecule has 0 radical (unpaired) electrons. The molecule has 41 heavy (non-hydrogen) atoms. The van der Waals surface area contributed by atoms with Crippen molar-refractivity contribution in [3.63, 3.8) is 0 Å². The van der Waals surface area contributed by atoms with Gasteiger partial charge in [-0.3, -0.25) is 14.4 Å². The Kier molecular flexibility index (Phi) is 6.81. The van der Waals surface area contributed by atoms with Crippen LogP contribution in [0.2, 0.25) is 5.02 Å². The van der Waals surface area contributed by atoms with Crippen LogP contribution in [0.15, 0.2) is 24.3 Å². The third kappa shape index (κ3) is 4.83. The molecular formula is C32H36ClN3O5. The second-order valence-corrected chi connectivity index (χ2v) is 13.2. The molecule has 7 rings (SSSR count). The van der Waals surface area contributed by atoms with Gasteiger partial charge in [0.05, 0.1) is 34.5 Å². The first-order valence-electron chi connectivity index (χ1n) is 15.1. The van der Waals surface area contributed by atoms with Crippen LogP contribution in [0, 0.1) is 17.3 Å². The summed E-state index contributed by atoms with van der Waals surface area (Å²) in [5, 5.41) is 14.8. The van der Waals surface area contributed by atoms with Crippen molar-refractivity contribution < 1.29 is 24.2 Å². The van der Waals surface area contributed by atoms with Crippen LogP contribution in [-0.4, -0.2) is 63.9 Å². The summed E-state index contributed by atoms with van der Waals surface area (Å²) in [6.07, 6.45) is 9.50. The monoisotopic (exact) mass is 577 g/mol. The van der Waals surface area contributed by atoms with Crippen molar-refractivity contribution in [1.29, 1.82) is 0 Å². The van der Waals surface area contributed by atoms with Gasteiger partial charge >= 0.3 is 5.97 Å². The molecule has 1 saturated carbocycles. The second-order valence-electron chi connectivity index (χ2n) is 12.8. The molecule has 1 aromatic heterocycles. The average molecular weight is 578 g/mol. The van der Waals surface area contributed by atoms with E-state index < -0.39 is 11.9 Å². The number of aliphatic carboxylic acids is 1. The fourth-order valence-corrected chi connectivity index (χ4v) is 7.74. The Labute approximate surface area is 244 Å². The zero-order valence-corrected chi connectivity index (χ0v) is 24.0. The van der Waals surface area contributed by atoms with E-state index in [2.05, 4.69) is 0 Å². The molecule has 3 fully saturated rings. The summed E-state index contributed by atoms with van der Waals surface area (Å²) in [4.78, 5) is 41.6.